The number of aryl methyl sites for hydroxylation is 2. The molecule has 2 aromatic rings. The van der Waals surface area contributed by atoms with Crippen LogP contribution < -0.4 is 0 Å². The molecular weight excluding hydrogens is 390 g/mol. The normalized spacial score (nSPS) is 14.9. The lowest BCUT2D eigenvalue weighted by Gasteiger charge is -2.24. The molecule has 0 atom stereocenters. The van der Waals surface area contributed by atoms with E-state index in [2.05, 4.69) is 5.10 Å². The molecule has 6 nitrogen and oxygen atoms in total. The van der Waals surface area contributed by atoms with Gasteiger partial charge in [0.1, 0.15) is 10.7 Å². The Kier molecular flexibility index (Phi) is 7.31. The van der Waals surface area contributed by atoms with Crippen LogP contribution in [0.3, 0.4) is 0 Å². The van der Waals surface area contributed by atoms with Gasteiger partial charge in [-0.2, -0.15) is 5.10 Å². The standard InChI is InChI=1S/C22H28ClN3O3/c1-16-8-10-18(11-9-16)14-26-21(23)20(17(2)24-26)22(28)29-15-19(27)25-12-6-4-3-5-7-13-25/h8-11H,3-7,12-15H2,1-2H3. The van der Waals surface area contributed by atoms with Crippen molar-refractivity contribution in [3.05, 3.63) is 51.8 Å². The fraction of sp³-hybridized carbons (Fsp3) is 0.500. The summed E-state index contributed by atoms with van der Waals surface area (Å²) in [5.74, 6) is -0.760. The van der Waals surface area contributed by atoms with Gasteiger partial charge in [0.25, 0.3) is 5.91 Å². The molecule has 156 valence electrons. The molecule has 1 aliphatic rings. The number of likely N-dealkylation sites (tertiary alicyclic amines) is 1. The summed E-state index contributed by atoms with van der Waals surface area (Å²) in [7, 11) is 0. The number of carbonyl (C=O) groups excluding carboxylic acids is 2. The molecule has 1 amide bonds. The van der Waals surface area contributed by atoms with Gasteiger partial charge in [-0.1, -0.05) is 60.7 Å². The molecule has 29 heavy (non-hydrogen) atoms. The largest absolute Gasteiger partial charge is 0.452 e. The van der Waals surface area contributed by atoms with E-state index >= 15 is 0 Å². The first-order chi connectivity index (χ1) is 14.0. The monoisotopic (exact) mass is 417 g/mol. The van der Waals surface area contributed by atoms with Crippen molar-refractivity contribution in [1.82, 2.24) is 14.7 Å². The van der Waals surface area contributed by atoms with Crippen molar-refractivity contribution < 1.29 is 14.3 Å². The topological polar surface area (TPSA) is 64.4 Å². The molecule has 0 N–H and O–H groups in total. The Morgan fingerprint density at radius 3 is 2.31 bits per heavy atom. The van der Waals surface area contributed by atoms with E-state index in [-0.39, 0.29) is 23.2 Å². The summed E-state index contributed by atoms with van der Waals surface area (Å²) in [6.45, 7) is 5.39. The van der Waals surface area contributed by atoms with Crippen LogP contribution in [-0.4, -0.2) is 46.3 Å². The van der Waals surface area contributed by atoms with E-state index in [4.69, 9.17) is 16.3 Å². The van der Waals surface area contributed by atoms with Gasteiger partial charge in [-0.15, -0.1) is 0 Å². The second-order valence-corrected chi connectivity index (χ2v) is 7.98. The van der Waals surface area contributed by atoms with Gasteiger partial charge in [-0.3, -0.25) is 4.79 Å². The highest BCUT2D eigenvalue weighted by atomic mass is 35.5. The Bertz CT molecular complexity index is 853. The van der Waals surface area contributed by atoms with Crippen LogP contribution in [0.25, 0.3) is 0 Å². The van der Waals surface area contributed by atoms with Crippen LogP contribution in [0.5, 0.6) is 0 Å². The van der Waals surface area contributed by atoms with E-state index in [1.807, 2.05) is 31.2 Å². The van der Waals surface area contributed by atoms with Gasteiger partial charge in [0.15, 0.2) is 6.61 Å². The maximum atomic E-state index is 12.6. The summed E-state index contributed by atoms with van der Waals surface area (Å²) < 4.78 is 6.87. The highest BCUT2D eigenvalue weighted by Gasteiger charge is 2.24. The zero-order chi connectivity index (χ0) is 20.8. The minimum atomic E-state index is -0.608. The van der Waals surface area contributed by atoms with Gasteiger partial charge in [0.2, 0.25) is 0 Å². The van der Waals surface area contributed by atoms with E-state index in [0.29, 0.717) is 12.2 Å². The molecular formula is C22H28ClN3O3. The summed E-state index contributed by atoms with van der Waals surface area (Å²) in [6.07, 6.45) is 5.49. The molecule has 0 aliphatic carbocycles. The van der Waals surface area contributed by atoms with E-state index in [0.717, 1.165) is 44.3 Å². The van der Waals surface area contributed by atoms with Gasteiger partial charge < -0.3 is 9.64 Å². The van der Waals surface area contributed by atoms with E-state index in [9.17, 15) is 9.59 Å². The van der Waals surface area contributed by atoms with Gasteiger partial charge in [-0.25, -0.2) is 9.48 Å². The van der Waals surface area contributed by atoms with Crippen LogP contribution >= 0.6 is 11.6 Å². The number of rotatable bonds is 5. The molecule has 0 radical (unpaired) electrons. The van der Waals surface area contributed by atoms with Crippen molar-refractivity contribution in [1.29, 1.82) is 0 Å². The fourth-order valence-corrected chi connectivity index (χ4v) is 3.86. The molecule has 0 unspecified atom stereocenters. The number of benzene rings is 1. The Morgan fingerprint density at radius 2 is 1.66 bits per heavy atom. The van der Waals surface area contributed by atoms with Crippen molar-refractivity contribution in [2.24, 2.45) is 0 Å². The van der Waals surface area contributed by atoms with E-state index < -0.39 is 5.97 Å². The maximum Gasteiger partial charge on any atom is 0.343 e. The van der Waals surface area contributed by atoms with Gasteiger partial charge in [0, 0.05) is 13.1 Å². The molecule has 3 rings (SSSR count). The van der Waals surface area contributed by atoms with Crippen molar-refractivity contribution in [2.45, 2.75) is 52.5 Å². The first kappa shape index (κ1) is 21.4. The van der Waals surface area contributed by atoms with E-state index in [1.165, 1.54) is 12.0 Å². The molecule has 0 bridgehead atoms. The van der Waals surface area contributed by atoms with Gasteiger partial charge in [0.05, 0.1) is 12.2 Å². The number of carbonyl (C=O) groups is 2. The first-order valence-corrected chi connectivity index (χ1v) is 10.6. The molecule has 1 aromatic carbocycles. The molecule has 2 heterocycles. The van der Waals surface area contributed by atoms with Gasteiger partial charge in [-0.05, 0) is 32.3 Å². The zero-order valence-electron chi connectivity index (χ0n) is 17.1. The number of aromatic nitrogens is 2. The van der Waals surface area contributed by atoms with Gasteiger partial charge >= 0.3 is 5.97 Å². The van der Waals surface area contributed by atoms with Crippen LogP contribution in [-0.2, 0) is 16.1 Å². The number of ether oxygens (including phenoxy) is 1. The summed E-state index contributed by atoms with van der Waals surface area (Å²) >= 11 is 6.41. The number of halogens is 1. The molecule has 1 saturated heterocycles. The van der Waals surface area contributed by atoms with Crippen molar-refractivity contribution in [3.8, 4) is 0 Å². The van der Waals surface area contributed by atoms with Crippen LogP contribution in [0.15, 0.2) is 24.3 Å². The predicted molar refractivity (Wildman–Crippen MR) is 112 cm³/mol. The van der Waals surface area contributed by atoms with Crippen LogP contribution in [0.2, 0.25) is 5.15 Å². The highest BCUT2D eigenvalue weighted by molar-refractivity contribution is 6.32. The zero-order valence-corrected chi connectivity index (χ0v) is 17.9. The third-order valence-corrected chi connectivity index (χ3v) is 5.64. The average molecular weight is 418 g/mol. The smallest absolute Gasteiger partial charge is 0.343 e. The van der Waals surface area contributed by atoms with Crippen molar-refractivity contribution in [3.63, 3.8) is 0 Å². The average Bonchev–Trinajstić information content (AvgIpc) is 2.94. The summed E-state index contributed by atoms with van der Waals surface area (Å²) in [5.41, 5.74) is 2.92. The third kappa shape index (κ3) is 5.60. The number of hydrogen-bond acceptors (Lipinski definition) is 4. The number of hydrogen-bond donors (Lipinski definition) is 0. The third-order valence-electron chi connectivity index (χ3n) is 5.26. The summed E-state index contributed by atoms with van der Waals surface area (Å²) in [6, 6.07) is 8.04. The Balaban J connectivity index is 1.62. The minimum absolute atomic E-state index is 0.152. The first-order valence-electron chi connectivity index (χ1n) is 10.2. The number of esters is 1. The lowest BCUT2D eigenvalue weighted by atomic mass is 10.1. The molecule has 1 fully saturated rings. The predicted octanol–water partition coefficient (Wildman–Crippen LogP) is 4.15. The van der Waals surface area contributed by atoms with E-state index in [1.54, 1.807) is 16.5 Å². The second kappa shape index (κ2) is 9.92. The molecule has 0 saturated carbocycles. The van der Waals surface area contributed by atoms with Crippen LogP contribution in [0.1, 0.15) is 59.3 Å². The number of amides is 1. The molecule has 0 spiro atoms. The SMILES string of the molecule is Cc1ccc(Cn2nc(C)c(C(=O)OCC(=O)N3CCCCCCC3)c2Cl)cc1. The lowest BCUT2D eigenvalue weighted by molar-refractivity contribution is -0.134. The van der Waals surface area contributed by atoms with Crippen LogP contribution in [0.4, 0.5) is 0 Å². The Morgan fingerprint density at radius 1 is 1.03 bits per heavy atom. The minimum Gasteiger partial charge on any atom is -0.452 e. The summed E-state index contributed by atoms with van der Waals surface area (Å²) in [4.78, 5) is 26.8. The molecule has 1 aromatic heterocycles. The molecule has 7 heteroatoms. The van der Waals surface area contributed by atoms with Crippen molar-refractivity contribution >= 4 is 23.5 Å². The Hall–Kier alpha value is -2.34. The number of nitrogens with zero attached hydrogens (tertiary/aromatic N) is 3. The van der Waals surface area contributed by atoms with Crippen LogP contribution in [0, 0.1) is 13.8 Å². The maximum absolute atomic E-state index is 12.6. The van der Waals surface area contributed by atoms with Crippen molar-refractivity contribution in [2.75, 3.05) is 19.7 Å². The quantitative estimate of drug-likeness (QED) is 0.685. The lowest BCUT2D eigenvalue weighted by Crippen LogP contribution is -2.37. The Labute approximate surface area is 176 Å². The highest BCUT2D eigenvalue weighted by Crippen LogP contribution is 2.22. The summed E-state index contributed by atoms with van der Waals surface area (Å²) in [5, 5.41) is 4.61. The second-order valence-electron chi connectivity index (χ2n) is 7.62. The fourth-order valence-electron chi connectivity index (χ4n) is 3.54. The molecule has 1 aliphatic heterocycles.